The largest absolute Gasteiger partial charge is 0.492 e. The summed E-state index contributed by atoms with van der Waals surface area (Å²) in [7, 11) is 6.65. The van der Waals surface area contributed by atoms with Crippen molar-refractivity contribution in [2.45, 2.75) is 56.5 Å². The van der Waals surface area contributed by atoms with Gasteiger partial charge in [-0.15, -0.1) is 0 Å². The summed E-state index contributed by atoms with van der Waals surface area (Å²) in [5.74, 6) is 2.96. The average molecular weight is 623 g/mol. The van der Waals surface area contributed by atoms with Gasteiger partial charge in [-0.05, 0) is 98.3 Å². The smallest absolute Gasteiger partial charge is 0.237 e. The maximum Gasteiger partial charge on any atom is 0.237 e. The molecule has 46 heavy (non-hydrogen) atoms. The third kappa shape index (κ3) is 5.00. The fourth-order valence-electron chi connectivity index (χ4n) is 7.65. The summed E-state index contributed by atoms with van der Waals surface area (Å²) in [5.41, 5.74) is 6.00. The second kappa shape index (κ2) is 11.9. The minimum Gasteiger partial charge on any atom is -0.492 e. The fraction of sp³-hybridized carbons (Fsp3) is 0.368. The summed E-state index contributed by atoms with van der Waals surface area (Å²) in [6, 6.07) is 24.8. The lowest BCUT2D eigenvalue weighted by molar-refractivity contribution is -0.275. The highest BCUT2D eigenvalue weighted by molar-refractivity contribution is 5.65. The number of methoxy groups -OCH3 is 4. The van der Waals surface area contributed by atoms with Crippen LogP contribution in [0.4, 0.5) is 0 Å². The molecule has 2 atom stereocenters. The summed E-state index contributed by atoms with van der Waals surface area (Å²) in [6.45, 7) is 5.07. The molecule has 0 radical (unpaired) electrons. The average Bonchev–Trinajstić information content (AvgIpc) is 3.06. The van der Waals surface area contributed by atoms with Crippen LogP contribution in [0.3, 0.4) is 0 Å². The van der Waals surface area contributed by atoms with Crippen LogP contribution in [0.2, 0.25) is 0 Å². The molecule has 8 heteroatoms. The Morgan fingerprint density at radius 1 is 0.717 bits per heavy atom. The molecule has 0 aromatic heterocycles. The highest BCUT2D eigenvalue weighted by Crippen LogP contribution is 2.56. The van der Waals surface area contributed by atoms with Crippen molar-refractivity contribution in [3.05, 3.63) is 106 Å². The molecule has 4 aromatic rings. The van der Waals surface area contributed by atoms with Gasteiger partial charge >= 0.3 is 0 Å². The van der Waals surface area contributed by atoms with Crippen LogP contribution in [0, 0.1) is 0 Å². The number of ether oxygens (including phenoxy) is 6. The predicted octanol–water partition coefficient (Wildman–Crippen LogP) is 7.14. The molecule has 0 unspecified atom stereocenters. The maximum absolute atomic E-state index is 6.92. The summed E-state index contributed by atoms with van der Waals surface area (Å²) < 4.78 is 37.8. The lowest BCUT2D eigenvalue weighted by Gasteiger charge is -2.52. The predicted molar refractivity (Wildman–Crippen MR) is 177 cm³/mol. The van der Waals surface area contributed by atoms with Crippen molar-refractivity contribution in [1.82, 2.24) is 10.6 Å². The van der Waals surface area contributed by atoms with E-state index in [2.05, 4.69) is 73.0 Å². The first-order valence-corrected chi connectivity index (χ1v) is 15.9. The van der Waals surface area contributed by atoms with Crippen LogP contribution in [-0.2, 0) is 34.2 Å². The van der Waals surface area contributed by atoms with Gasteiger partial charge in [-0.3, -0.25) is 5.32 Å². The van der Waals surface area contributed by atoms with Crippen molar-refractivity contribution < 1.29 is 28.4 Å². The molecule has 4 heterocycles. The Hall–Kier alpha value is -4.08. The van der Waals surface area contributed by atoms with Crippen LogP contribution < -0.4 is 29.6 Å². The number of fused-ring (bicyclic) bond motifs is 2. The zero-order valence-electron chi connectivity index (χ0n) is 27.4. The number of benzene rings is 4. The van der Waals surface area contributed by atoms with E-state index < -0.39 is 11.3 Å². The molecular formula is C38H42N2O6. The Balaban J connectivity index is 1.47. The molecule has 0 spiro atoms. The highest BCUT2D eigenvalue weighted by Gasteiger charge is 2.56. The molecule has 0 aliphatic carbocycles. The normalized spacial score (nSPS) is 20.7. The molecule has 0 amide bonds. The second-order valence-corrected chi connectivity index (χ2v) is 12.7. The zero-order valence-corrected chi connectivity index (χ0v) is 27.4. The molecule has 8 nitrogen and oxygen atoms in total. The van der Waals surface area contributed by atoms with E-state index in [1.807, 2.05) is 24.3 Å². The van der Waals surface area contributed by atoms with Gasteiger partial charge in [0.2, 0.25) is 11.7 Å². The standard InChI is InChI=1S/C38H42N2O6/c1-37(2)34-28-22-32(35(41-3)36(34)42-4)46-31-12-8-10-25-17-18-39-30(33(25)31)21-24-9-7-11-27(19-24)45-26-15-13-23(14-16-26)20-29(28)40-38(37,43-5)44-6/h7-16,19,22,29-30,39-40H,17-18,20-21H2,1-6H3/t29-,30+/m0/s1. The van der Waals surface area contributed by atoms with Crippen molar-refractivity contribution in [3.63, 3.8) is 0 Å². The summed E-state index contributed by atoms with van der Waals surface area (Å²) in [5, 5.41) is 7.48. The van der Waals surface area contributed by atoms with Gasteiger partial charge in [-0.25, -0.2) is 0 Å². The second-order valence-electron chi connectivity index (χ2n) is 12.7. The Kier molecular flexibility index (Phi) is 7.93. The number of nitrogens with one attached hydrogen (secondary N) is 2. The summed E-state index contributed by atoms with van der Waals surface area (Å²) >= 11 is 0. The van der Waals surface area contributed by atoms with E-state index in [-0.39, 0.29) is 12.1 Å². The highest BCUT2D eigenvalue weighted by atomic mass is 16.7. The van der Waals surface area contributed by atoms with E-state index >= 15 is 0 Å². The van der Waals surface area contributed by atoms with Gasteiger partial charge < -0.3 is 33.7 Å². The van der Waals surface area contributed by atoms with Gasteiger partial charge in [-0.2, -0.15) is 0 Å². The summed E-state index contributed by atoms with van der Waals surface area (Å²) in [6.07, 6.45) is 2.35. The number of hydrogen-bond donors (Lipinski definition) is 2. The summed E-state index contributed by atoms with van der Waals surface area (Å²) in [4.78, 5) is 0. The van der Waals surface area contributed by atoms with Gasteiger partial charge in [0.05, 0.1) is 19.6 Å². The Bertz CT molecular complexity index is 1750. The van der Waals surface area contributed by atoms with Crippen LogP contribution in [0.25, 0.3) is 0 Å². The van der Waals surface area contributed by atoms with E-state index in [0.717, 1.165) is 58.9 Å². The number of hydrogen-bond acceptors (Lipinski definition) is 8. The van der Waals surface area contributed by atoms with Crippen LogP contribution in [-0.4, -0.2) is 40.9 Å². The SMILES string of the molecule is COc1c2cc3c(c1OC)C(C)(C)C(OC)(OC)N[C@H]3Cc1ccc(cc1)Oc1cccc(c1)C[C@H]1NCCc3cccc(c31)O2. The molecule has 8 rings (SSSR count). The van der Waals surface area contributed by atoms with E-state index in [1.165, 1.54) is 11.1 Å². The Morgan fingerprint density at radius 2 is 1.46 bits per heavy atom. The zero-order chi connectivity index (χ0) is 32.1. The van der Waals surface area contributed by atoms with Crippen LogP contribution >= 0.6 is 0 Å². The molecule has 4 aliphatic heterocycles. The lowest BCUT2D eigenvalue weighted by atomic mass is 9.71. The first-order chi connectivity index (χ1) is 22.3. The van der Waals surface area contributed by atoms with Crippen LogP contribution in [0.15, 0.2) is 72.8 Å². The van der Waals surface area contributed by atoms with Crippen molar-refractivity contribution in [3.8, 4) is 34.5 Å². The van der Waals surface area contributed by atoms with Gasteiger partial charge in [0.25, 0.3) is 0 Å². The lowest BCUT2D eigenvalue weighted by Crippen LogP contribution is -2.65. The van der Waals surface area contributed by atoms with Gasteiger partial charge in [0.1, 0.15) is 17.2 Å². The van der Waals surface area contributed by atoms with Crippen molar-refractivity contribution in [2.75, 3.05) is 35.0 Å². The van der Waals surface area contributed by atoms with Gasteiger partial charge in [0, 0.05) is 37.4 Å². The van der Waals surface area contributed by atoms with Gasteiger partial charge in [0.15, 0.2) is 11.5 Å². The molecule has 2 N–H and O–H groups in total. The van der Waals surface area contributed by atoms with Crippen molar-refractivity contribution in [1.29, 1.82) is 0 Å². The van der Waals surface area contributed by atoms with E-state index in [0.29, 0.717) is 23.7 Å². The van der Waals surface area contributed by atoms with E-state index in [4.69, 9.17) is 28.4 Å². The van der Waals surface area contributed by atoms with Crippen LogP contribution in [0.5, 0.6) is 34.5 Å². The molecule has 4 aromatic carbocycles. The maximum atomic E-state index is 6.92. The quantitative estimate of drug-likeness (QED) is 0.233. The fourth-order valence-corrected chi connectivity index (χ4v) is 7.65. The monoisotopic (exact) mass is 622 g/mol. The van der Waals surface area contributed by atoms with Crippen molar-refractivity contribution in [2.24, 2.45) is 0 Å². The minimum atomic E-state index is -1.15. The molecule has 0 fully saturated rings. The number of rotatable bonds is 4. The van der Waals surface area contributed by atoms with E-state index in [9.17, 15) is 0 Å². The van der Waals surface area contributed by atoms with E-state index in [1.54, 1.807) is 28.4 Å². The van der Waals surface area contributed by atoms with Crippen molar-refractivity contribution >= 4 is 0 Å². The molecule has 240 valence electrons. The Morgan fingerprint density at radius 3 is 2.20 bits per heavy atom. The first-order valence-electron chi connectivity index (χ1n) is 15.9. The molecule has 4 aliphatic rings. The Labute approximate surface area is 270 Å². The topological polar surface area (TPSA) is 79.4 Å². The third-order valence-corrected chi connectivity index (χ3v) is 9.85. The molecule has 0 saturated carbocycles. The molecule has 6 bridgehead atoms. The van der Waals surface area contributed by atoms with Crippen LogP contribution in [0.1, 0.15) is 59.3 Å². The minimum absolute atomic E-state index is 0.0521. The third-order valence-electron chi connectivity index (χ3n) is 9.85. The molecule has 0 saturated heterocycles. The van der Waals surface area contributed by atoms with Gasteiger partial charge in [-0.1, -0.05) is 36.4 Å². The first kappa shape index (κ1) is 30.6. The molecular weight excluding hydrogens is 580 g/mol.